The summed E-state index contributed by atoms with van der Waals surface area (Å²) < 4.78 is 11.2. The van der Waals surface area contributed by atoms with Gasteiger partial charge in [-0.2, -0.15) is 5.26 Å². The molecule has 2 aromatic rings. The van der Waals surface area contributed by atoms with Gasteiger partial charge in [-0.25, -0.2) is 4.98 Å². The van der Waals surface area contributed by atoms with Crippen LogP contribution in [0.4, 0.5) is 0 Å². The minimum Gasteiger partial charge on any atom is -0.493 e. The zero-order valence-corrected chi connectivity index (χ0v) is 15.4. The van der Waals surface area contributed by atoms with Crippen molar-refractivity contribution in [1.82, 2.24) is 9.97 Å². The van der Waals surface area contributed by atoms with Crippen LogP contribution < -0.4 is 15.0 Å². The Hall–Kier alpha value is -2.46. The fraction of sp³-hybridized carbons (Fsp3) is 0.389. The second-order valence-electron chi connectivity index (χ2n) is 5.33. The molecule has 132 valence electrons. The Balaban J connectivity index is 2.39. The van der Waals surface area contributed by atoms with Crippen molar-refractivity contribution in [2.45, 2.75) is 31.3 Å². The van der Waals surface area contributed by atoms with Crippen molar-refractivity contribution in [3.8, 4) is 28.8 Å². The molecule has 6 nitrogen and oxygen atoms in total. The van der Waals surface area contributed by atoms with Crippen molar-refractivity contribution in [3.63, 3.8) is 0 Å². The van der Waals surface area contributed by atoms with E-state index in [-0.39, 0.29) is 5.56 Å². The van der Waals surface area contributed by atoms with E-state index in [4.69, 9.17) is 9.47 Å². The number of aromatic nitrogens is 2. The fourth-order valence-electron chi connectivity index (χ4n) is 2.33. The molecular weight excluding hydrogens is 338 g/mol. The second kappa shape index (κ2) is 9.14. The Labute approximate surface area is 151 Å². The van der Waals surface area contributed by atoms with Gasteiger partial charge in [0.1, 0.15) is 11.6 Å². The molecule has 0 fully saturated rings. The van der Waals surface area contributed by atoms with Crippen LogP contribution >= 0.6 is 11.8 Å². The van der Waals surface area contributed by atoms with Crippen LogP contribution in [-0.4, -0.2) is 29.9 Å². The monoisotopic (exact) mass is 359 g/mol. The summed E-state index contributed by atoms with van der Waals surface area (Å²) in [6.45, 7) is 2.76. The molecule has 0 saturated carbocycles. The number of hydrogen-bond acceptors (Lipinski definition) is 6. The number of ether oxygens (including phenoxy) is 2. The molecule has 0 bridgehead atoms. The van der Waals surface area contributed by atoms with Crippen LogP contribution in [0.3, 0.4) is 0 Å². The molecule has 0 aliphatic heterocycles. The third-order valence-corrected chi connectivity index (χ3v) is 4.23. The van der Waals surface area contributed by atoms with E-state index in [1.54, 1.807) is 25.3 Å². The average molecular weight is 359 g/mol. The number of hydrogen-bond donors (Lipinski definition) is 1. The van der Waals surface area contributed by atoms with Crippen LogP contribution in [-0.2, 0) is 0 Å². The molecule has 0 aliphatic rings. The van der Waals surface area contributed by atoms with E-state index >= 15 is 0 Å². The van der Waals surface area contributed by atoms with Crippen LogP contribution in [0.15, 0.2) is 28.2 Å². The molecule has 0 radical (unpaired) electrons. The summed E-state index contributed by atoms with van der Waals surface area (Å²) in [7, 11) is 1.56. The minimum atomic E-state index is -0.448. The molecule has 0 amide bonds. The predicted octanol–water partition coefficient (Wildman–Crippen LogP) is 3.61. The van der Waals surface area contributed by atoms with Crippen molar-refractivity contribution in [3.05, 3.63) is 34.1 Å². The van der Waals surface area contributed by atoms with Gasteiger partial charge in [0.05, 0.1) is 19.4 Å². The van der Waals surface area contributed by atoms with Gasteiger partial charge in [-0.15, -0.1) is 0 Å². The van der Waals surface area contributed by atoms with Gasteiger partial charge >= 0.3 is 0 Å². The van der Waals surface area contributed by atoms with Gasteiger partial charge in [-0.3, -0.25) is 4.79 Å². The van der Waals surface area contributed by atoms with Crippen LogP contribution in [0, 0.1) is 11.3 Å². The lowest BCUT2D eigenvalue weighted by Crippen LogP contribution is -2.14. The smallest absolute Gasteiger partial charge is 0.270 e. The third-order valence-electron chi connectivity index (χ3n) is 3.65. The molecule has 0 unspecified atom stereocenters. The quantitative estimate of drug-likeness (QED) is 0.440. The van der Waals surface area contributed by atoms with Crippen molar-refractivity contribution in [2.24, 2.45) is 0 Å². The molecular formula is C18H21N3O3S. The maximum absolute atomic E-state index is 12.1. The van der Waals surface area contributed by atoms with Crippen molar-refractivity contribution < 1.29 is 9.47 Å². The van der Waals surface area contributed by atoms with E-state index < -0.39 is 5.56 Å². The van der Waals surface area contributed by atoms with E-state index in [9.17, 15) is 10.1 Å². The highest BCUT2D eigenvalue weighted by atomic mass is 32.2. The number of aromatic amines is 1. The normalized spacial score (nSPS) is 10.3. The van der Waals surface area contributed by atoms with E-state index in [0.717, 1.165) is 19.3 Å². The van der Waals surface area contributed by atoms with Crippen LogP contribution in [0.5, 0.6) is 11.5 Å². The van der Waals surface area contributed by atoms with Crippen molar-refractivity contribution in [2.75, 3.05) is 20.0 Å². The van der Waals surface area contributed by atoms with Gasteiger partial charge in [0.15, 0.2) is 16.7 Å². The van der Waals surface area contributed by atoms with Gasteiger partial charge in [-0.05, 0) is 30.9 Å². The van der Waals surface area contributed by atoms with Gasteiger partial charge in [-0.1, -0.05) is 31.5 Å². The largest absolute Gasteiger partial charge is 0.493 e. The Morgan fingerprint density at radius 3 is 2.76 bits per heavy atom. The number of nitrogens with one attached hydrogen (secondary N) is 1. The van der Waals surface area contributed by atoms with E-state index in [1.165, 1.54) is 11.8 Å². The lowest BCUT2D eigenvalue weighted by molar-refractivity contribution is 0.286. The Morgan fingerprint density at radius 2 is 2.12 bits per heavy atom. The molecule has 1 aromatic heterocycles. The number of methoxy groups -OCH3 is 1. The number of benzene rings is 1. The summed E-state index contributed by atoms with van der Waals surface area (Å²) in [5.41, 5.74) is 0.509. The number of unbranched alkanes of at least 4 members (excludes halogenated alkanes) is 2. The van der Waals surface area contributed by atoms with Gasteiger partial charge in [0, 0.05) is 5.56 Å². The number of rotatable bonds is 8. The maximum Gasteiger partial charge on any atom is 0.270 e. The Kier molecular flexibility index (Phi) is 6.90. The van der Waals surface area contributed by atoms with Crippen LogP contribution in [0.25, 0.3) is 11.3 Å². The zero-order valence-electron chi connectivity index (χ0n) is 14.6. The van der Waals surface area contributed by atoms with Gasteiger partial charge in [0.25, 0.3) is 5.56 Å². The van der Waals surface area contributed by atoms with E-state index in [1.807, 2.05) is 12.3 Å². The average Bonchev–Trinajstić information content (AvgIpc) is 2.64. The molecule has 0 spiro atoms. The summed E-state index contributed by atoms with van der Waals surface area (Å²) >= 11 is 1.31. The number of thioether (sulfide) groups is 1. The molecule has 2 rings (SSSR count). The van der Waals surface area contributed by atoms with Crippen molar-refractivity contribution >= 4 is 11.8 Å². The molecule has 1 heterocycles. The van der Waals surface area contributed by atoms with Gasteiger partial charge < -0.3 is 14.5 Å². The van der Waals surface area contributed by atoms with E-state index in [2.05, 4.69) is 16.9 Å². The second-order valence-corrected chi connectivity index (χ2v) is 6.13. The summed E-state index contributed by atoms with van der Waals surface area (Å²) in [4.78, 5) is 19.0. The molecule has 7 heteroatoms. The first-order valence-electron chi connectivity index (χ1n) is 8.04. The van der Waals surface area contributed by atoms with Crippen LogP contribution in [0.1, 0.15) is 31.7 Å². The maximum atomic E-state index is 12.1. The molecule has 1 N–H and O–H groups in total. The summed E-state index contributed by atoms with van der Waals surface area (Å²) in [5.74, 6) is 1.18. The van der Waals surface area contributed by atoms with Gasteiger partial charge in [0.2, 0.25) is 0 Å². The SMILES string of the molecule is CCCCCOc1ccc(-c2nc(SC)[nH]c(=O)c2C#N)cc1OC. The topological polar surface area (TPSA) is 88.0 Å². The third kappa shape index (κ3) is 4.54. The highest BCUT2D eigenvalue weighted by Crippen LogP contribution is 2.33. The molecule has 0 atom stereocenters. The highest BCUT2D eigenvalue weighted by molar-refractivity contribution is 7.98. The Bertz CT molecular complexity index is 827. The summed E-state index contributed by atoms with van der Waals surface area (Å²) in [5, 5.41) is 9.76. The minimum absolute atomic E-state index is 0.0172. The van der Waals surface area contributed by atoms with E-state index in [0.29, 0.717) is 34.5 Å². The first kappa shape index (κ1) is 18.9. The predicted molar refractivity (Wildman–Crippen MR) is 98.4 cm³/mol. The number of nitrogens with zero attached hydrogens (tertiary/aromatic N) is 2. The highest BCUT2D eigenvalue weighted by Gasteiger charge is 2.15. The number of H-pyrrole nitrogens is 1. The first-order chi connectivity index (χ1) is 12.1. The number of nitriles is 1. The summed E-state index contributed by atoms with van der Waals surface area (Å²) in [6.07, 6.45) is 5.02. The lowest BCUT2D eigenvalue weighted by Gasteiger charge is -2.12. The molecule has 1 aromatic carbocycles. The first-order valence-corrected chi connectivity index (χ1v) is 9.26. The molecule has 0 aliphatic carbocycles. The molecule has 25 heavy (non-hydrogen) atoms. The van der Waals surface area contributed by atoms with Crippen LogP contribution in [0.2, 0.25) is 0 Å². The van der Waals surface area contributed by atoms with Crippen molar-refractivity contribution in [1.29, 1.82) is 5.26 Å². The zero-order chi connectivity index (χ0) is 18.2. The molecule has 0 saturated heterocycles. The Morgan fingerprint density at radius 1 is 1.32 bits per heavy atom. The summed E-state index contributed by atoms with van der Waals surface area (Å²) in [6, 6.07) is 7.23. The fourth-order valence-corrected chi connectivity index (χ4v) is 2.71. The standard InChI is InChI=1S/C18H21N3O3S/c1-4-5-6-9-24-14-8-7-12(10-15(14)23-2)16-13(11-19)17(22)21-18(20-16)25-3/h7-8,10H,4-6,9H2,1-3H3,(H,20,21,22). The lowest BCUT2D eigenvalue weighted by atomic mass is 10.1.